The van der Waals surface area contributed by atoms with Crippen LogP contribution in [0.3, 0.4) is 0 Å². The van der Waals surface area contributed by atoms with Gasteiger partial charge >= 0.3 is 5.97 Å². The van der Waals surface area contributed by atoms with Crippen molar-refractivity contribution in [2.24, 2.45) is 5.92 Å². The van der Waals surface area contributed by atoms with E-state index in [0.29, 0.717) is 37.1 Å². The van der Waals surface area contributed by atoms with Crippen LogP contribution in [-0.4, -0.2) is 31.4 Å². The lowest BCUT2D eigenvalue weighted by atomic mass is 10.1. The molecule has 0 aliphatic carbocycles. The summed E-state index contributed by atoms with van der Waals surface area (Å²) in [6.45, 7) is 5.61. The van der Waals surface area contributed by atoms with Crippen LogP contribution in [0.1, 0.15) is 78.1 Å². The van der Waals surface area contributed by atoms with Crippen LogP contribution in [0, 0.1) is 5.92 Å². The molecule has 0 aliphatic rings. The Kier molecular flexibility index (Phi) is 13.0. The molecule has 1 N–H and O–H groups in total. The Labute approximate surface area is 170 Å². The van der Waals surface area contributed by atoms with Gasteiger partial charge in [0.2, 0.25) is 0 Å². The molecule has 1 aromatic rings. The SMILES string of the molecule is COC(=O)CCCCCCCCCCOc1cc(O)cc(OCCC(C)C)c1. The average Bonchev–Trinajstić information content (AvgIpc) is 2.65. The first-order valence-electron chi connectivity index (χ1n) is 10.7. The Bertz CT molecular complexity index is 542. The first kappa shape index (κ1) is 24.1. The number of phenolic OH excluding ortho intramolecular Hbond substituents is 1. The van der Waals surface area contributed by atoms with Crippen LogP contribution in [-0.2, 0) is 9.53 Å². The van der Waals surface area contributed by atoms with E-state index in [9.17, 15) is 9.90 Å². The lowest BCUT2D eigenvalue weighted by molar-refractivity contribution is -0.140. The lowest BCUT2D eigenvalue weighted by Crippen LogP contribution is -2.02. The van der Waals surface area contributed by atoms with Gasteiger partial charge in [-0.25, -0.2) is 0 Å². The molecule has 0 aromatic heterocycles. The van der Waals surface area contributed by atoms with E-state index in [1.807, 2.05) is 6.07 Å². The third kappa shape index (κ3) is 12.5. The van der Waals surface area contributed by atoms with Gasteiger partial charge in [0.1, 0.15) is 17.2 Å². The number of aromatic hydroxyl groups is 1. The average molecular weight is 395 g/mol. The van der Waals surface area contributed by atoms with Gasteiger partial charge in [-0.2, -0.15) is 0 Å². The molecule has 5 nitrogen and oxygen atoms in total. The van der Waals surface area contributed by atoms with Crippen LogP contribution in [0.25, 0.3) is 0 Å². The summed E-state index contributed by atoms with van der Waals surface area (Å²) >= 11 is 0. The van der Waals surface area contributed by atoms with E-state index in [1.165, 1.54) is 32.8 Å². The predicted octanol–water partition coefficient (Wildman–Crippen LogP) is 5.88. The van der Waals surface area contributed by atoms with Crippen molar-refractivity contribution in [1.82, 2.24) is 0 Å². The number of benzene rings is 1. The molecule has 0 radical (unpaired) electrons. The van der Waals surface area contributed by atoms with Crippen molar-refractivity contribution in [3.8, 4) is 17.2 Å². The van der Waals surface area contributed by atoms with Gasteiger partial charge in [0, 0.05) is 24.6 Å². The van der Waals surface area contributed by atoms with E-state index >= 15 is 0 Å². The molecule has 160 valence electrons. The van der Waals surface area contributed by atoms with Crippen LogP contribution in [0.5, 0.6) is 17.2 Å². The predicted molar refractivity (Wildman–Crippen MR) is 112 cm³/mol. The van der Waals surface area contributed by atoms with Crippen molar-refractivity contribution in [1.29, 1.82) is 0 Å². The van der Waals surface area contributed by atoms with Gasteiger partial charge in [-0.1, -0.05) is 52.4 Å². The minimum atomic E-state index is -0.110. The molecule has 28 heavy (non-hydrogen) atoms. The second-order valence-corrected chi connectivity index (χ2v) is 7.70. The molecular weight excluding hydrogens is 356 g/mol. The molecule has 0 bridgehead atoms. The number of hydrogen-bond acceptors (Lipinski definition) is 5. The van der Waals surface area contributed by atoms with Gasteiger partial charge in [-0.05, 0) is 25.2 Å². The molecule has 0 amide bonds. The number of rotatable bonds is 16. The van der Waals surface area contributed by atoms with E-state index in [0.717, 1.165) is 32.1 Å². The molecule has 0 fully saturated rings. The highest BCUT2D eigenvalue weighted by molar-refractivity contribution is 5.68. The molecule has 0 unspecified atom stereocenters. The molecule has 1 rings (SSSR count). The Balaban J connectivity index is 2.06. The molecule has 0 spiro atoms. The summed E-state index contributed by atoms with van der Waals surface area (Å²) in [4.78, 5) is 11.0. The highest BCUT2D eigenvalue weighted by Gasteiger charge is 2.04. The Morgan fingerprint density at radius 3 is 1.96 bits per heavy atom. The summed E-state index contributed by atoms with van der Waals surface area (Å²) in [5.74, 6) is 1.96. The molecule has 0 aliphatic heterocycles. The van der Waals surface area contributed by atoms with Crippen LogP contribution < -0.4 is 9.47 Å². The van der Waals surface area contributed by atoms with Gasteiger partial charge in [-0.15, -0.1) is 0 Å². The van der Waals surface area contributed by atoms with E-state index in [1.54, 1.807) is 12.1 Å². The molecule has 5 heteroatoms. The fourth-order valence-corrected chi connectivity index (χ4v) is 2.86. The van der Waals surface area contributed by atoms with Crippen molar-refractivity contribution >= 4 is 5.97 Å². The van der Waals surface area contributed by atoms with E-state index in [2.05, 4.69) is 18.6 Å². The molecule has 0 atom stereocenters. The van der Waals surface area contributed by atoms with E-state index < -0.39 is 0 Å². The number of phenols is 1. The van der Waals surface area contributed by atoms with Crippen LogP contribution in [0.2, 0.25) is 0 Å². The van der Waals surface area contributed by atoms with Crippen molar-refractivity contribution in [2.75, 3.05) is 20.3 Å². The number of ether oxygens (including phenoxy) is 3. The first-order chi connectivity index (χ1) is 13.5. The normalized spacial score (nSPS) is 10.9. The van der Waals surface area contributed by atoms with Crippen molar-refractivity contribution in [3.05, 3.63) is 18.2 Å². The fourth-order valence-electron chi connectivity index (χ4n) is 2.86. The standard InChI is InChI=1S/C23H38O5/c1-19(2)13-15-28-22-17-20(24)16-21(18-22)27-14-11-9-7-5-4-6-8-10-12-23(25)26-3/h16-19,24H,4-15H2,1-3H3. The largest absolute Gasteiger partial charge is 0.508 e. The zero-order valence-corrected chi connectivity index (χ0v) is 17.9. The molecule has 0 heterocycles. The number of esters is 1. The quantitative estimate of drug-likeness (QED) is 0.280. The summed E-state index contributed by atoms with van der Waals surface area (Å²) < 4.78 is 16.1. The van der Waals surface area contributed by atoms with Crippen molar-refractivity contribution in [2.45, 2.75) is 78.1 Å². The monoisotopic (exact) mass is 394 g/mol. The number of carbonyl (C=O) groups excluding carboxylic acids is 1. The summed E-state index contributed by atoms with van der Waals surface area (Å²) in [5.41, 5.74) is 0. The second-order valence-electron chi connectivity index (χ2n) is 7.70. The van der Waals surface area contributed by atoms with Gasteiger partial charge in [0.05, 0.1) is 20.3 Å². The zero-order chi connectivity index (χ0) is 20.6. The maximum absolute atomic E-state index is 11.0. The number of methoxy groups -OCH3 is 1. The fraction of sp³-hybridized carbons (Fsp3) is 0.696. The Morgan fingerprint density at radius 2 is 1.39 bits per heavy atom. The third-order valence-corrected chi connectivity index (χ3v) is 4.60. The molecule has 0 saturated carbocycles. The van der Waals surface area contributed by atoms with Crippen LogP contribution >= 0.6 is 0 Å². The maximum Gasteiger partial charge on any atom is 0.305 e. The lowest BCUT2D eigenvalue weighted by Gasteiger charge is -2.11. The van der Waals surface area contributed by atoms with E-state index in [-0.39, 0.29) is 11.7 Å². The smallest absolute Gasteiger partial charge is 0.305 e. The summed E-state index contributed by atoms with van der Waals surface area (Å²) in [6, 6.07) is 5.09. The number of carbonyl (C=O) groups is 1. The minimum Gasteiger partial charge on any atom is -0.508 e. The Hall–Kier alpha value is -1.91. The van der Waals surface area contributed by atoms with Gasteiger partial charge in [0.15, 0.2) is 0 Å². The minimum absolute atomic E-state index is 0.110. The van der Waals surface area contributed by atoms with Gasteiger partial charge < -0.3 is 19.3 Å². The van der Waals surface area contributed by atoms with Crippen molar-refractivity contribution in [3.63, 3.8) is 0 Å². The molecule has 0 saturated heterocycles. The van der Waals surface area contributed by atoms with Crippen LogP contribution in [0.15, 0.2) is 18.2 Å². The summed E-state index contributed by atoms with van der Waals surface area (Å²) in [7, 11) is 1.44. The number of unbranched alkanes of at least 4 members (excludes halogenated alkanes) is 7. The molecule has 1 aromatic carbocycles. The topological polar surface area (TPSA) is 65.0 Å². The van der Waals surface area contributed by atoms with Crippen molar-refractivity contribution < 1.29 is 24.1 Å². The first-order valence-corrected chi connectivity index (χ1v) is 10.7. The van der Waals surface area contributed by atoms with Crippen LogP contribution in [0.4, 0.5) is 0 Å². The Morgan fingerprint density at radius 1 is 0.857 bits per heavy atom. The summed E-state index contributed by atoms with van der Waals surface area (Å²) in [6.07, 6.45) is 10.5. The maximum atomic E-state index is 11.0. The second kappa shape index (κ2) is 15.1. The highest BCUT2D eigenvalue weighted by Crippen LogP contribution is 2.27. The highest BCUT2D eigenvalue weighted by atomic mass is 16.5. The molecular formula is C23H38O5. The number of hydrogen-bond donors (Lipinski definition) is 1. The summed E-state index contributed by atoms with van der Waals surface area (Å²) in [5, 5.41) is 9.82. The zero-order valence-electron chi connectivity index (χ0n) is 17.9. The third-order valence-electron chi connectivity index (χ3n) is 4.60. The van der Waals surface area contributed by atoms with Gasteiger partial charge in [0.25, 0.3) is 0 Å². The van der Waals surface area contributed by atoms with Gasteiger partial charge in [-0.3, -0.25) is 4.79 Å². The van der Waals surface area contributed by atoms with E-state index in [4.69, 9.17) is 9.47 Å².